The fourth-order valence-corrected chi connectivity index (χ4v) is 2.73. The molecular formula is C20H15F3N4O3. The minimum Gasteiger partial charge on any atom is -0.319 e. The Morgan fingerprint density at radius 1 is 1.07 bits per heavy atom. The molecule has 3 rings (SSSR count). The van der Waals surface area contributed by atoms with Crippen molar-refractivity contribution in [2.24, 2.45) is 0 Å². The summed E-state index contributed by atoms with van der Waals surface area (Å²) in [7, 11) is 0. The standard InChI is InChI=1S/C20H15F3N4O3/c21-20(22,23)14-6-2-4-8-16(14)27-12-11-24-18(27)19(29)25-15-7-3-1-5-13(15)9-10-17(28)26-30/h1-12,30H,(H,25,29)(H,26,28)/b10-9+. The third-order valence-electron chi connectivity index (χ3n) is 4.05. The van der Waals surface area contributed by atoms with Crippen molar-refractivity contribution in [2.75, 3.05) is 5.32 Å². The minimum absolute atomic E-state index is 0.236. The summed E-state index contributed by atoms with van der Waals surface area (Å²) in [6, 6.07) is 11.3. The maximum atomic E-state index is 13.4. The van der Waals surface area contributed by atoms with E-state index in [0.29, 0.717) is 11.3 Å². The number of rotatable bonds is 5. The highest BCUT2D eigenvalue weighted by atomic mass is 19.4. The molecule has 7 nitrogen and oxygen atoms in total. The van der Waals surface area contributed by atoms with Crippen molar-refractivity contribution < 1.29 is 28.0 Å². The molecule has 2 amide bonds. The Morgan fingerprint density at radius 2 is 1.77 bits per heavy atom. The zero-order valence-electron chi connectivity index (χ0n) is 15.2. The maximum absolute atomic E-state index is 13.4. The van der Waals surface area contributed by atoms with Gasteiger partial charge in [0, 0.05) is 24.2 Å². The van der Waals surface area contributed by atoms with Crippen LogP contribution in [0.25, 0.3) is 11.8 Å². The Hall–Kier alpha value is -3.92. The summed E-state index contributed by atoms with van der Waals surface area (Å²) in [5.74, 6) is -1.77. The van der Waals surface area contributed by atoms with Crippen molar-refractivity contribution in [3.8, 4) is 5.69 Å². The fourth-order valence-electron chi connectivity index (χ4n) is 2.73. The predicted octanol–water partition coefficient (Wildman–Crippen LogP) is 3.66. The molecule has 0 atom stereocenters. The lowest BCUT2D eigenvalue weighted by Crippen LogP contribution is -2.20. The number of alkyl halides is 3. The van der Waals surface area contributed by atoms with Gasteiger partial charge < -0.3 is 5.32 Å². The molecule has 0 saturated carbocycles. The van der Waals surface area contributed by atoms with Gasteiger partial charge in [-0.3, -0.25) is 19.4 Å². The number of anilines is 1. The van der Waals surface area contributed by atoms with Gasteiger partial charge in [0.15, 0.2) is 0 Å². The third kappa shape index (κ3) is 4.55. The van der Waals surface area contributed by atoms with Crippen LogP contribution >= 0.6 is 0 Å². The Morgan fingerprint density at radius 3 is 2.50 bits per heavy atom. The smallest absolute Gasteiger partial charge is 0.319 e. The number of carbonyl (C=O) groups is 2. The number of halogens is 3. The highest BCUT2D eigenvalue weighted by Gasteiger charge is 2.34. The average Bonchev–Trinajstić information content (AvgIpc) is 3.22. The quantitative estimate of drug-likeness (QED) is 0.336. The number of hydrogen-bond acceptors (Lipinski definition) is 4. The summed E-state index contributed by atoms with van der Waals surface area (Å²) in [5, 5.41) is 11.1. The van der Waals surface area contributed by atoms with Gasteiger partial charge in [0.05, 0.1) is 11.3 Å². The predicted molar refractivity (Wildman–Crippen MR) is 102 cm³/mol. The summed E-state index contributed by atoms with van der Waals surface area (Å²) in [6.07, 6.45) is 0.272. The van der Waals surface area contributed by atoms with Crippen LogP contribution < -0.4 is 10.8 Å². The van der Waals surface area contributed by atoms with E-state index in [4.69, 9.17) is 5.21 Å². The van der Waals surface area contributed by atoms with Gasteiger partial charge >= 0.3 is 6.18 Å². The van der Waals surface area contributed by atoms with E-state index in [1.807, 2.05) is 0 Å². The lowest BCUT2D eigenvalue weighted by atomic mass is 10.1. The number of amides is 2. The summed E-state index contributed by atoms with van der Waals surface area (Å²) >= 11 is 0. The zero-order valence-corrected chi connectivity index (χ0v) is 15.2. The molecule has 0 saturated heterocycles. The second-order valence-electron chi connectivity index (χ2n) is 5.99. The second kappa shape index (κ2) is 8.62. The van der Waals surface area contributed by atoms with Crippen molar-refractivity contribution in [1.29, 1.82) is 0 Å². The van der Waals surface area contributed by atoms with E-state index in [-0.39, 0.29) is 11.5 Å². The Labute approximate surface area is 168 Å². The van der Waals surface area contributed by atoms with Gasteiger partial charge in [-0.25, -0.2) is 10.5 Å². The Bertz CT molecular complexity index is 1110. The van der Waals surface area contributed by atoms with Crippen LogP contribution in [0.2, 0.25) is 0 Å². The lowest BCUT2D eigenvalue weighted by Gasteiger charge is -2.15. The summed E-state index contributed by atoms with van der Waals surface area (Å²) in [6.45, 7) is 0. The first-order valence-electron chi connectivity index (χ1n) is 8.53. The van der Waals surface area contributed by atoms with E-state index >= 15 is 0 Å². The van der Waals surface area contributed by atoms with Crippen molar-refractivity contribution in [3.05, 3.63) is 84.0 Å². The number of para-hydroxylation sites is 2. The molecule has 0 aliphatic rings. The maximum Gasteiger partial charge on any atom is 0.418 e. The van der Waals surface area contributed by atoms with Crippen LogP contribution in [0.5, 0.6) is 0 Å². The van der Waals surface area contributed by atoms with Gasteiger partial charge in [-0.2, -0.15) is 13.2 Å². The van der Waals surface area contributed by atoms with E-state index in [9.17, 15) is 22.8 Å². The third-order valence-corrected chi connectivity index (χ3v) is 4.05. The number of nitrogens with one attached hydrogen (secondary N) is 2. The summed E-state index contributed by atoms with van der Waals surface area (Å²) < 4.78 is 41.1. The van der Waals surface area contributed by atoms with Crippen LogP contribution in [0.4, 0.5) is 18.9 Å². The van der Waals surface area contributed by atoms with E-state index < -0.39 is 23.6 Å². The topological polar surface area (TPSA) is 96.2 Å². The van der Waals surface area contributed by atoms with Gasteiger partial charge in [0.2, 0.25) is 5.82 Å². The zero-order chi connectivity index (χ0) is 21.7. The SMILES string of the molecule is O=C(/C=C/c1ccccc1NC(=O)c1nccn1-c1ccccc1C(F)(F)F)NO. The van der Waals surface area contributed by atoms with Gasteiger partial charge in [0.25, 0.3) is 11.8 Å². The number of benzene rings is 2. The van der Waals surface area contributed by atoms with Crippen molar-refractivity contribution in [3.63, 3.8) is 0 Å². The molecule has 0 spiro atoms. The molecule has 154 valence electrons. The first-order valence-corrected chi connectivity index (χ1v) is 8.53. The molecule has 0 bridgehead atoms. The van der Waals surface area contributed by atoms with Gasteiger partial charge in [0.1, 0.15) is 0 Å². The number of aromatic nitrogens is 2. The molecule has 2 aromatic carbocycles. The van der Waals surface area contributed by atoms with Crippen LogP contribution in [0.3, 0.4) is 0 Å². The van der Waals surface area contributed by atoms with Gasteiger partial charge in [-0.1, -0.05) is 30.3 Å². The van der Waals surface area contributed by atoms with Crippen LogP contribution in [-0.4, -0.2) is 26.6 Å². The van der Waals surface area contributed by atoms with Crippen LogP contribution in [0.15, 0.2) is 67.0 Å². The molecular weight excluding hydrogens is 401 g/mol. The van der Waals surface area contributed by atoms with Crippen molar-refractivity contribution in [1.82, 2.24) is 15.0 Å². The normalized spacial score (nSPS) is 11.5. The molecule has 1 heterocycles. The minimum atomic E-state index is -4.61. The van der Waals surface area contributed by atoms with Crippen LogP contribution in [0, 0.1) is 0 Å². The Balaban J connectivity index is 1.94. The average molecular weight is 416 g/mol. The van der Waals surface area contributed by atoms with E-state index in [1.165, 1.54) is 42.1 Å². The number of hydroxylamine groups is 1. The largest absolute Gasteiger partial charge is 0.418 e. The first-order chi connectivity index (χ1) is 14.3. The van der Waals surface area contributed by atoms with Crippen molar-refractivity contribution >= 4 is 23.6 Å². The van der Waals surface area contributed by atoms with E-state index in [1.54, 1.807) is 24.3 Å². The second-order valence-corrected chi connectivity index (χ2v) is 5.99. The highest BCUT2D eigenvalue weighted by molar-refractivity contribution is 6.03. The molecule has 0 fully saturated rings. The number of imidazole rings is 1. The monoisotopic (exact) mass is 416 g/mol. The van der Waals surface area contributed by atoms with Crippen LogP contribution in [0.1, 0.15) is 21.7 Å². The molecule has 3 aromatic rings. The lowest BCUT2D eigenvalue weighted by molar-refractivity contribution is -0.137. The fraction of sp³-hybridized carbons (Fsp3) is 0.0500. The molecule has 30 heavy (non-hydrogen) atoms. The summed E-state index contributed by atoms with van der Waals surface area (Å²) in [4.78, 5) is 27.8. The van der Waals surface area contributed by atoms with E-state index in [0.717, 1.165) is 16.7 Å². The first kappa shape index (κ1) is 20.8. The number of hydrogen-bond donors (Lipinski definition) is 3. The molecule has 3 N–H and O–H groups in total. The molecule has 10 heteroatoms. The highest BCUT2D eigenvalue weighted by Crippen LogP contribution is 2.34. The molecule has 0 radical (unpaired) electrons. The van der Waals surface area contributed by atoms with Gasteiger partial charge in [-0.15, -0.1) is 0 Å². The van der Waals surface area contributed by atoms with Gasteiger partial charge in [-0.05, 0) is 29.8 Å². The number of nitrogens with zero attached hydrogens (tertiary/aromatic N) is 2. The Kier molecular flexibility index (Phi) is 5.98. The van der Waals surface area contributed by atoms with Crippen molar-refractivity contribution in [2.45, 2.75) is 6.18 Å². The molecule has 0 aliphatic heterocycles. The number of carbonyl (C=O) groups excluding carboxylic acids is 2. The van der Waals surface area contributed by atoms with E-state index in [2.05, 4.69) is 10.3 Å². The summed E-state index contributed by atoms with van der Waals surface area (Å²) in [5.41, 5.74) is 1.03. The molecule has 1 aromatic heterocycles. The molecule has 0 unspecified atom stereocenters. The molecule has 0 aliphatic carbocycles. The van der Waals surface area contributed by atoms with Crippen LogP contribution in [-0.2, 0) is 11.0 Å².